The lowest BCUT2D eigenvalue weighted by Crippen LogP contribution is -2.48. The first kappa shape index (κ1) is 20.7. The van der Waals surface area contributed by atoms with E-state index in [2.05, 4.69) is 62.9 Å². The third kappa shape index (κ3) is 3.21. The van der Waals surface area contributed by atoms with E-state index in [1.54, 1.807) is 0 Å². The summed E-state index contributed by atoms with van der Waals surface area (Å²) in [5, 5.41) is 30.0. The van der Waals surface area contributed by atoms with Crippen LogP contribution in [0.1, 0.15) is 44.7 Å². The highest BCUT2D eigenvalue weighted by Gasteiger charge is 2.54. The monoisotopic (exact) mass is 385 g/mol. The number of benzene rings is 1. The number of nitrogens with zero attached hydrogens (tertiary/aromatic N) is 4. The van der Waals surface area contributed by atoms with Gasteiger partial charge in [0.05, 0.1) is 23.4 Å². The van der Waals surface area contributed by atoms with Crippen LogP contribution in [-0.2, 0) is 5.41 Å². The Morgan fingerprint density at radius 2 is 1.76 bits per heavy atom. The van der Waals surface area contributed by atoms with Gasteiger partial charge in [-0.15, -0.1) is 0 Å². The largest absolute Gasteiger partial charge is 0.399 e. The predicted molar refractivity (Wildman–Crippen MR) is 112 cm³/mol. The van der Waals surface area contributed by atoms with Gasteiger partial charge >= 0.3 is 0 Å². The molecule has 1 aliphatic carbocycles. The molecule has 1 aromatic carbocycles. The van der Waals surface area contributed by atoms with Crippen LogP contribution < -0.4 is 5.73 Å². The average Bonchev–Trinajstić information content (AvgIpc) is 2.72. The number of nitrogens with two attached hydrogens (primary N) is 1. The molecule has 0 aromatic heterocycles. The normalized spacial score (nSPS) is 24.0. The van der Waals surface area contributed by atoms with Crippen LogP contribution in [-0.4, -0.2) is 24.5 Å². The van der Waals surface area contributed by atoms with Crippen molar-refractivity contribution in [2.45, 2.75) is 39.0 Å². The number of fused-ring (bicyclic) bond motifs is 1. The maximum absolute atomic E-state index is 10.1. The lowest BCUT2D eigenvalue weighted by Gasteiger charge is -2.45. The van der Waals surface area contributed by atoms with Crippen LogP contribution in [0.15, 0.2) is 47.2 Å². The average molecular weight is 386 g/mol. The zero-order valence-corrected chi connectivity index (χ0v) is 17.5. The second kappa shape index (κ2) is 7.40. The maximum Gasteiger partial charge on any atom is 0.191 e. The Hall–Kier alpha value is -3.07. The molecule has 2 N–H and O–H groups in total. The minimum Gasteiger partial charge on any atom is -0.399 e. The van der Waals surface area contributed by atoms with Crippen molar-refractivity contribution >= 4 is 0 Å². The fraction of sp³-hybridized carbons (Fsp3) is 0.458. The van der Waals surface area contributed by atoms with Gasteiger partial charge in [0, 0.05) is 24.9 Å². The lowest BCUT2D eigenvalue weighted by molar-refractivity contribution is 0.214. The van der Waals surface area contributed by atoms with Crippen molar-refractivity contribution in [1.82, 2.24) is 4.90 Å². The van der Waals surface area contributed by atoms with E-state index >= 15 is 0 Å². The molecule has 0 saturated heterocycles. The van der Waals surface area contributed by atoms with Crippen LogP contribution in [0.25, 0.3) is 0 Å². The van der Waals surface area contributed by atoms with E-state index in [4.69, 9.17) is 5.73 Å². The molecule has 3 rings (SSSR count). The van der Waals surface area contributed by atoms with Gasteiger partial charge in [-0.2, -0.15) is 15.8 Å². The van der Waals surface area contributed by atoms with Crippen LogP contribution in [0.4, 0.5) is 0 Å². The van der Waals surface area contributed by atoms with Crippen molar-refractivity contribution < 1.29 is 0 Å². The molecular weight excluding hydrogens is 358 g/mol. The van der Waals surface area contributed by atoms with Crippen molar-refractivity contribution in [3.63, 3.8) is 0 Å². The molecule has 2 aliphatic rings. The summed E-state index contributed by atoms with van der Waals surface area (Å²) < 4.78 is 0. The second-order valence-corrected chi connectivity index (χ2v) is 8.90. The van der Waals surface area contributed by atoms with Crippen molar-refractivity contribution in [1.29, 1.82) is 15.8 Å². The maximum atomic E-state index is 10.1. The number of hydrogen-bond acceptors (Lipinski definition) is 5. The number of nitriles is 3. The first-order valence-electron chi connectivity index (χ1n) is 9.99. The first-order valence-corrected chi connectivity index (χ1v) is 9.99. The van der Waals surface area contributed by atoms with Crippen molar-refractivity contribution in [2.75, 3.05) is 19.6 Å². The Morgan fingerprint density at radius 1 is 1.14 bits per heavy atom. The van der Waals surface area contributed by atoms with E-state index in [-0.39, 0.29) is 17.0 Å². The van der Waals surface area contributed by atoms with Crippen LogP contribution in [0.2, 0.25) is 0 Å². The summed E-state index contributed by atoms with van der Waals surface area (Å²) in [5.41, 5.74) is 8.16. The summed E-state index contributed by atoms with van der Waals surface area (Å²) in [5.74, 6) is -0.561. The third-order valence-corrected chi connectivity index (χ3v) is 6.32. The molecule has 0 unspecified atom stereocenters. The van der Waals surface area contributed by atoms with E-state index in [0.717, 1.165) is 24.2 Å². The molecule has 0 radical (unpaired) electrons. The minimum atomic E-state index is -1.56. The topological polar surface area (TPSA) is 101 Å². The van der Waals surface area contributed by atoms with Crippen LogP contribution in [0.3, 0.4) is 0 Å². The molecule has 1 aliphatic heterocycles. The molecule has 2 atom stereocenters. The zero-order chi connectivity index (χ0) is 21.4. The smallest absolute Gasteiger partial charge is 0.191 e. The lowest BCUT2D eigenvalue weighted by atomic mass is 9.58. The summed E-state index contributed by atoms with van der Waals surface area (Å²) in [6.07, 6.45) is 2.04. The molecule has 0 amide bonds. The van der Waals surface area contributed by atoms with Gasteiger partial charge in [-0.3, -0.25) is 4.90 Å². The quantitative estimate of drug-likeness (QED) is 0.836. The summed E-state index contributed by atoms with van der Waals surface area (Å²) >= 11 is 0. The van der Waals surface area contributed by atoms with Crippen LogP contribution >= 0.6 is 0 Å². The van der Waals surface area contributed by atoms with Gasteiger partial charge in [-0.1, -0.05) is 58.0 Å². The molecule has 0 saturated carbocycles. The van der Waals surface area contributed by atoms with Gasteiger partial charge in [0.1, 0.15) is 6.07 Å². The molecule has 5 heteroatoms. The molecular formula is C24H27N5. The van der Waals surface area contributed by atoms with Crippen LogP contribution in [0.5, 0.6) is 0 Å². The van der Waals surface area contributed by atoms with Crippen molar-refractivity contribution in [3.05, 3.63) is 58.3 Å². The highest BCUT2D eigenvalue weighted by molar-refractivity contribution is 5.59. The minimum absolute atomic E-state index is 0.00839. The molecule has 0 bridgehead atoms. The molecule has 5 nitrogen and oxygen atoms in total. The fourth-order valence-corrected chi connectivity index (χ4v) is 4.56. The number of rotatable bonds is 2. The van der Waals surface area contributed by atoms with E-state index in [1.807, 2.05) is 18.2 Å². The Morgan fingerprint density at radius 3 is 2.24 bits per heavy atom. The van der Waals surface area contributed by atoms with Gasteiger partial charge in [0.15, 0.2) is 5.41 Å². The fourth-order valence-electron chi connectivity index (χ4n) is 4.56. The predicted octanol–water partition coefficient (Wildman–Crippen LogP) is 3.73. The third-order valence-electron chi connectivity index (χ3n) is 6.32. The first-order chi connectivity index (χ1) is 13.7. The molecule has 0 fully saturated rings. The number of allylic oxidation sites excluding steroid dienone is 2. The molecule has 1 heterocycles. The standard InChI is InChI=1S/C24H27N5/c1-5-29-11-10-18-19(12-25)22(28)24(14-26,15-27)21(20(18)13-29)16-6-8-17(9-7-16)23(2,3)4/h6-10,20-21H,5,11,13,28H2,1-4H3/t20-,21-/m1/s1. The number of hydrogen-bond donors (Lipinski definition) is 1. The van der Waals surface area contributed by atoms with E-state index in [9.17, 15) is 15.8 Å². The molecule has 148 valence electrons. The summed E-state index contributed by atoms with van der Waals surface area (Å²) in [6, 6.07) is 14.7. The molecule has 1 aromatic rings. The van der Waals surface area contributed by atoms with Gasteiger partial charge in [0.25, 0.3) is 0 Å². The summed E-state index contributed by atoms with van der Waals surface area (Å²) in [6.45, 7) is 10.8. The highest BCUT2D eigenvalue weighted by Crippen LogP contribution is 2.54. The van der Waals surface area contributed by atoms with Gasteiger partial charge in [0.2, 0.25) is 0 Å². The second-order valence-electron chi connectivity index (χ2n) is 8.90. The van der Waals surface area contributed by atoms with E-state index in [0.29, 0.717) is 12.1 Å². The Labute approximate surface area is 173 Å². The highest BCUT2D eigenvalue weighted by atomic mass is 15.1. The van der Waals surface area contributed by atoms with Gasteiger partial charge in [-0.05, 0) is 28.7 Å². The summed E-state index contributed by atoms with van der Waals surface area (Å²) in [4.78, 5) is 2.26. The number of likely N-dealkylation sites (N-methyl/N-ethyl adjacent to an activating group) is 1. The Balaban J connectivity index is 2.25. The molecule has 0 spiro atoms. The van der Waals surface area contributed by atoms with Crippen LogP contribution in [0, 0.1) is 45.3 Å². The summed E-state index contributed by atoms with van der Waals surface area (Å²) in [7, 11) is 0. The van der Waals surface area contributed by atoms with Gasteiger partial charge in [-0.25, -0.2) is 0 Å². The Kier molecular flexibility index (Phi) is 5.27. The zero-order valence-electron chi connectivity index (χ0n) is 17.5. The SMILES string of the molecule is CCN1CC=C2C(C#N)=C(N)C(C#N)(C#N)[C@H](c3ccc(C(C)(C)C)cc3)[C@@H]2C1. The van der Waals surface area contributed by atoms with Gasteiger partial charge < -0.3 is 5.73 Å². The van der Waals surface area contributed by atoms with E-state index < -0.39 is 11.3 Å². The Bertz CT molecular complexity index is 972. The van der Waals surface area contributed by atoms with E-state index in [1.165, 1.54) is 5.56 Å². The van der Waals surface area contributed by atoms with Crippen molar-refractivity contribution in [3.8, 4) is 18.2 Å². The molecule has 29 heavy (non-hydrogen) atoms. The van der Waals surface area contributed by atoms with Crippen molar-refractivity contribution in [2.24, 2.45) is 17.1 Å².